The highest BCUT2D eigenvalue weighted by molar-refractivity contribution is 5.97. The Balaban J connectivity index is 1.69. The number of ether oxygens (including phenoxy) is 1. The average Bonchev–Trinajstić information content (AvgIpc) is 3.33. The summed E-state index contributed by atoms with van der Waals surface area (Å²) in [5, 5.41) is 3.86. The van der Waals surface area contributed by atoms with Crippen molar-refractivity contribution < 1.29 is 22.8 Å². The molecule has 0 atom stereocenters. The average molecular weight is 337 g/mol. The second-order valence-corrected chi connectivity index (χ2v) is 5.74. The summed E-state index contributed by atoms with van der Waals surface area (Å²) in [6.45, 7) is 0.238. The summed E-state index contributed by atoms with van der Waals surface area (Å²) in [6, 6.07) is 2.14. The van der Waals surface area contributed by atoms with E-state index in [4.69, 9.17) is 9.26 Å². The molecule has 24 heavy (non-hydrogen) atoms. The molecule has 128 valence electrons. The first-order chi connectivity index (χ1) is 11.5. The molecule has 1 fully saturated rings. The van der Waals surface area contributed by atoms with E-state index >= 15 is 0 Å². The summed E-state index contributed by atoms with van der Waals surface area (Å²) >= 11 is 0. The third kappa shape index (κ3) is 3.22. The molecule has 6 nitrogen and oxygen atoms in total. The fraction of sp³-hybridized carbons (Fsp3) is 0.438. The van der Waals surface area contributed by atoms with E-state index in [-0.39, 0.29) is 12.3 Å². The van der Waals surface area contributed by atoms with Crippen LogP contribution < -0.4 is 4.74 Å². The first-order valence-corrected chi connectivity index (χ1v) is 7.61. The topological polar surface area (TPSA) is 68.5 Å². The molecule has 1 saturated carbocycles. The summed E-state index contributed by atoms with van der Waals surface area (Å²) in [4.78, 5) is 18.0. The number of benzene rings is 1. The SMILES string of the molecule is COc1ccc(F)c(F)c1C(=O)N(C)CCc1noc(C2CC2)n1. The predicted molar refractivity (Wildman–Crippen MR) is 79.8 cm³/mol. The van der Waals surface area contributed by atoms with Crippen molar-refractivity contribution >= 4 is 5.91 Å². The number of likely N-dealkylation sites (N-methyl/N-ethyl adjacent to an activating group) is 1. The first kappa shape index (κ1) is 16.4. The Labute approximate surface area is 137 Å². The van der Waals surface area contributed by atoms with Gasteiger partial charge >= 0.3 is 0 Å². The number of nitrogens with zero attached hydrogens (tertiary/aromatic N) is 3. The molecule has 0 N–H and O–H groups in total. The molecule has 0 bridgehead atoms. The van der Waals surface area contributed by atoms with E-state index in [0.29, 0.717) is 24.1 Å². The zero-order valence-electron chi connectivity index (χ0n) is 13.4. The standard InChI is InChI=1S/C16H17F2N3O3/c1-21(8-7-12-19-15(24-20-12)9-3-4-9)16(22)13-11(23-2)6-5-10(17)14(13)18/h5-6,9H,3-4,7-8H2,1-2H3. The molecule has 8 heteroatoms. The van der Waals surface area contributed by atoms with Crippen molar-refractivity contribution in [2.75, 3.05) is 20.7 Å². The van der Waals surface area contributed by atoms with Crippen LogP contribution in [-0.4, -0.2) is 41.6 Å². The minimum atomic E-state index is -1.22. The highest BCUT2D eigenvalue weighted by atomic mass is 19.2. The maximum Gasteiger partial charge on any atom is 0.260 e. The Hall–Kier alpha value is -2.51. The van der Waals surface area contributed by atoms with E-state index in [9.17, 15) is 13.6 Å². The Bertz CT molecular complexity index is 759. The fourth-order valence-corrected chi connectivity index (χ4v) is 2.33. The van der Waals surface area contributed by atoms with Gasteiger partial charge < -0.3 is 14.2 Å². The lowest BCUT2D eigenvalue weighted by Crippen LogP contribution is -2.30. The lowest BCUT2D eigenvalue weighted by Gasteiger charge is -2.18. The van der Waals surface area contributed by atoms with Crippen molar-refractivity contribution in [3.8, 4) is 5.75 Å². The van der Waals surface area contributed by atoms with Gasteiger partial charge in [0.15, 0.2) is 17.5 Å². The molecular formula is C16H17F2N3O3. The molecule has 2 aromatic rings. The molecule has 1 aliphatic rings. The summed E-state index contributed by atoms with van der Waals surface area (Å²) in [7, 11) is 2.79. The highest BCUT2D eigenvalue weighted by Gasteiger charge is 2.30. The number of hydrogen-bond acceptors (Lipinski definition) is 5. The van der Waals surface area contributed by atoms with Crippen molar-refractivity contribution in [3.05, 3.63) is 41.0 Å². The van der Waals surface area contributed by atoms with Crippen LogP contribution in [0.5, 0.6) is 5.75 Å². The Kier molecular flexibility index (Phi) is 4.46. The van der Waals surface area contributed by atoms with Crippen LogP contribution in [0.3, 0.4) is 0 Å². The number of halogens is 2. The van der Waals surface area contributed by atoms with Crippen LogP contribution in [0.25, 0.3) is 0 Å². The van der Waals surface area contributed by atoms with Crippen LogP contribution >= 0.6 is 0 Å². The number of hydrogen-bond donors (Lipinski definition) is 0. The molecular weight excluding hydrogens is 320 g/mol. The monoisotopic (exact) mass is 337 g/mol. The summed E-state index contributed by atoms with van der Waals surface area (Å²) in [5.41, 5.74) is -0.424. The van der Waals surface area contributed by atoms with Gasteiger partial charge in [0.05, 0.1) is 7.11 Å². The molecule has 1 aliphatic carbocycles. The van der Waals surface area contributed by atoms with Gasteiger partial charge in [-0.05, 0) is 25.0 Å². The van der Waals surface area contributed by atoms with Gasteiger partial charge in [0.2, 0.25) is 5.89 Å². The second kappa shape index (κ2) is 6.54. The molecule has 0 radical (unpaired) electrons. The quantitative estimate of drug-likeness (QED) is 0.810. The van der Waals surface area contributed by atoms with Crippen molar-refractivity contribution in [1.29, 1.82) is 0 Å². The number of methoxy groups -OCH3 is 1. The molecule has 0 unspecified atom stereocenters. The maximum absolute atomic E-state index is 14.0. The van der Waals surface area contributed by atoms with E-state index in [2.05, 4.69) is 10.1 Å². The molecule has 0 aliphatic heterocycles. The van der Waals surface area contributed by atoms with Crippen LogP contribution in [0.2, 0.25) is 0 Å². The Morgan fingerprint density at radius 2 is 2.17 bits per heavy atom. The number of carbonyl (C=O) groups is 1. The van der Waals surface area contributed by atoms with Gasteiger partial charge in [-0.3, -0.25) is 4.79 Å². The second-order valence-electron chi connectivity index (χ2n) is 5.74. The van der Waals surface area contributed by atoms with E-state index in [1.165, 1.54) is 25.1 Å². The number of amides is 1. The minimum absolute atomic E-state index is 0.0127. The highest BCUT2D eigenvalue weighted by Crippen LogP contribution is 2.38. The molecule has 0 saturated heterocycles. The van der Waals surface area contributed by atoms with E-state index in [1.54, 1.807) is 0 Å². The van der Waals surface area contributed by atoms with Crippen LogP contribution in [0.15, 0.2) is 16.7 Å². The lowest BCUT2D eigenvalue weighted by molar-refractivity contribution is 0.0786. The van der Waals surface area contributed by atoms with Crippen LogP contribution in [0, 0.1) is 11.6 Å². The first-order valence-electron chi connectivity index (χ1n) is 7.61. The van der Waals surface area contributed by atoms with Gasteiger partial charge in [0.1, 0.15) is 11.3 Å². The van der Waals surface area contributed by atoms with Gasteiger partial charge in [-0.25, -0.2) is 8.78 Å². The maximum atomic E-state index is 14.0. The van der Waals surface area contributed by atoms with Gasteiger partial charge in [-0.2, -0.15) is 4.98 Å². The molecule has 1 aromatic heterocycles. The summed E-state index contributed by atoms with van der Waals surface area (Å²) < 4.78 is 37.5. The van der Waals surface area contributed by atoms with Gasteiger partial charge in [-0.15, -0.1) is 0 Å². The molecule has 0 spiro atoms. The third-order valence-electron chi connectivity index (χ3n) is 3.92. The van der Waals surface area contributed by atoms with E-state index in [0.717, 1.165) is 18.9 Å². The smallest absolute Gasteiger partial charge is 0.260 e. The zero-order chi connectivity index (χ0) is 17.3. The lowest BCUT2D eigenvalue weighted by atomic mass is 10.1. The predicted octanol–water partition coefficient (Wildman–Crippen LogP) is 2.55. The molecule has 1 heterocycles. The number of rotatable bonds is 6. The zero-order valence-corrected chi connectivity index (χ0v) is 13.4. The minimum Gasteiger partial charge on any atom is -0.496 e. The van der Waals surface area contributed by atoms with Crippen molar-refractivity contribution in [2.24, 2.45) is 0 Å². The number of carbonyl (C=O) groups excluding carboxylic acids is 1. The summed E-state index contributed by atoms with van der Waals surface area (Å²) in [6.07, 6.45) is 2.47. The van der Waals surface area contributed by atoms with Gasteiger partial charge in [0.25, 0.3) is 5.91 Å². The van der Waals surface area contributed by atoms with Gasteiger partial charge in [-0.1, -0.05) is 5.16 Å². The summed E-state index contributed by atoms with van der Waals surface area (Å²) in [5.74, 6) is -1.53. The third-order valence-corrected chi connectivity index (χ3v) is 3.92. The van der Waals surface area contributed by atoms with Crippen molar-refractivity contribution in [1.82, 2.24) is 15.0 Å². The molecule has 1 amide bonds. The van der Waals surface area contributed by atoms with Gasteiger partial charge in [0, 0.05) is 25.9 Å². The normalized spacial score (nSPS) is 13.8. The van der Waals surface area contributed by atoms with Crippen LogP contribution in [0.4, 0.5) is 8.78 Å². The molecule has 3 rings (SSSR count). The van der Waals surface area contributed by atoms with E-state index in [1.807, 2.05) is 0 Å². The fourth-order valence-electron chi connectivity index (χ4n) is 2.33. The van der Waals surface area contributed by atoms with E-state index < -0.39 is 23.1 Å². The number of aromatic nitrogens is 2. The Morgan fingerprint density at radius 1 is 1.42 bits per heavy atom. The largest absolute Gasteiger partial charge is 0.496 e. The van der Waals surface area contributed by atoms with Crippen molar-refractivity contribution in [3.63, 3.8) is 0 Å². The Morgan fingerprint density at radius 3 is 2.83 bits per heavy atom. The molecule has 1 aromatic carbocycles. The van der Waals surface area contributed by atoms with Crippen LogP contribution in [-0.2, 0) is 6.42 Å². The van der Waals surface area contributed by atoms with Crippen LogP contribution in [0.1, 0.15) is 40.8 Å². The van der Waals surface area contributed by atoms with Crippen molar-refractivity contribution in [2.45, 2.75) is 25.2 Å².